The van der Waals surface area contributed by atoms with Crippen molar-refractivity contribution in [2.75, 3.05) is 0 Å². The van der Waals surface area contributed by atoms with Crippen LogP contribution in [0.25, 0.3) is 0 Å². The van der Waals surface area contributed by atoms with Gasteiger partial charge in [0.25, 0.3) is 0 Å². The third-order valence-electron chi connectivity index (χ3n) is 2.04. The molecule has 0 amide bonds. The minimum absolute atomic E-state index is 0.0307. The Morgan fingerprint density at radius 3 is 2.44 bits per heavy atom. The number of halogens is 2. The summed E-state index contributed by atoms with van der Waals surface area (Å²) in [6.45, 7) is 0. The number of rotatable bonds is 3. The second kappa shape index (κ2) is 4.79. The monoisotopic (exact) mass is 251 g/mol. The van der Waals surface area contributed by atoms with Gasteiger partial charge in [0.1, 0.15) is 17.4 Å². The maximum Gasteiger partial charge on any atom is 0.335 e. The summed E-state index contributed by atoms with van der Waals surface area (Å²) in [5.41, 5.74) is -0.0307. The van der Waals surface area contributed by atoms with E-state index in [0.29, 0.717) is 6.07 Å². The van der Waals surface area contributed by atoms with E-state index in [2.05, 4.69) is 4.98 Å². The first kappa shape index (κ1) is 12.0. The number of nitrogens with zero attached hydrogens (tertiary/aromatic N) is 1. The summed E-state index contributed by atoms with van der Waals surface area (Å²) in [7, 11) is 0. The van der Waals surface area contributed by atoms with Crippen LogP contribution in [0.5, 0.6) is 11.6 Å². The van der Waals surface area contributed by atoms with E-state index >= 15 is 0 Å². The van der Waals surface area contributed by atoms with Gasteiger partial charge in [-0.1, -0.05) is 0 Å². The maximum atomic E-state index is 12.9. The zero-order valence-electron chi connectivity index (χ0n) is 8.93. The largest absolute Gasteiger partial charge is 0.478 e. The van der Waals surface area contributed by atoms with E-state index in [1.54, 1.807) is 0 Å². The summed E-state index contributed by atoms with van der Waals surface area (Å²) in [4.78, 5) is 14.5. The van der Waals surface area contributed by atoms with Crippen molar-refractivity contribution in [2.24, 2.45) is 0 Å². The maximum absolute atomic E-state index is 12.9. The molecule has 92 valence electrons. The Labute approximate surface area is 100 Å². The van der Waals surface area contributed by atoms with E-state index < -0.39 is 17.6 Å². The van der Waals surface area contributed by atoms with Gasteiger partial charge in [-0.3, -0.25) is 0 Å². The first-order chi connectivity index (χ1) is 8.54. The van der Waals surface area contributed by atoms with Crippen LogP contribution in [0.2, 0.25) is 0 Å². The molecule has 1 heterocycles. The normalized spacial score (nSPS) is 10.1. The Morgan fingerprint density at radius 2 is 1.83 bits per heavy atom. The zero-order valence-corrected chi connectivity index (χ0v) is 8.93. The Bertz CT molecular complexity index is 581. The molecule has 0 unspecified atom stereocenters. The summed E-state index contributed by atoms with van der Waals surface area (Å²) in [5.74, 6) is -2.88. The van der Waals surface area contributed by atoms with Crippen LogP contribution in [0.3, 0.4) is 0 Å². The predicted molar refractivity (Wildman–Crippen MR) is 57.6 cm³/mol. The first-order valence-electron chi connectivity index (χ1n) is 4.88. The number of aromatic carboxylic acids is 1. The Hall–Kier alpha value is -2.50. The standard InChI is InChI=1S/C12H7F2NO3/c13-8-4-9(14)6-10(5-8)18-11-3-7(12(16)17)1-2-15-11/h1-6H,(H,16,17). The van der Waals surface area contributed by atoms with Gasteiger partial charge < -0.3 is 9.84 Å². The molecule has 6 heteroatoms. The molecule has 18 heavy (non-hydrogen) atoms. The van der Waals surface area contributed by atoms with Crippen molar-refractivity contribution in [1.29, 1.82) is 0 Å². The molecule has 0 spiro atoms. The van der Waals surface area contributed by atoms with Crippen molar-refractivity contribution in [2.45, 2.75) is 0 Å². The topological polar surface area (TPSA) is 59.4 Å². The number of pyridine rings is 1. The summed E-state index contributed by atoms with van der Waals surface area (Å²) in [6.07, 6.45) is 1.23. The first-order valence-corrected chi connectivity index (χ1v) is 4.88. The molecule has 0 aliphatic carbocycles. The summed E-state index contributed by atoms with van der Waals surface area (Å²) in [5, 5.41) is 8.76. The molecule has 0 saturated carbocycles. The fourth-order valence-electron chi connectivity index (χ4n) is 1.31. The van der Waals surface area contributed by atoms with Crippen LogP contribution in [-0.2, 0) is 0 Å². The average Bonchev–Trinajstić information content (AvgIpc) is 2.27. The molecule has 0 bridgehead atoms. The number of carboxylic acid groups (broad SMARTS) is 1. The second-order valence-corrected chi connectivity index (χ2v) is 3.40. The van der Waals surface area contributed by atoms with Crippen LogP contribution in [0.4, 0.5) is 8.78 Å². The molecule has 2 aromatic rings. The fraction of sp³-hybridized carbons (Fsp3) is 0. The predicted octanol–water partition coefficient (Wildman–Crippen LogP) is 2.85. The minimum atomic E-state index is -1.15. The number of hydrogen-bond donors (Lipinski definition) is 1. The molecular formula is C12H7F2NO3. The highest BCUT2D eigenvalue weighted by Gasteiger charge is 2.07. The number of ether oxygens (including phenoxy) is 1. The summed E-state index contributed by atoms with van der Waals surface area (Å²) >= 11 is 0. The Morgan fingerprint density at radius 1 is 1.17 bits per heavy atom. The number of benzene rings is 1. The molecule has 4 nitrogen and oxygen atoms in total. The van der Waals surface area contributed by atoms with Crippen molar-refractivity contribution in [3.63, 3.8) is 0 Å². The van der Waals surface area contributed by atoms with Crippen molar-refractivity contribution in [1.82, 2.24) is 4.98 Å². The van der Waals surface area contributed by atoms with Gasteiger partial charge >= 0.3 is 5.97 Å². The Kier molecular flexibility index (Phi) is 3.18. The van der Waals surface area contributed by atoms with E-state index in [1.165, 1.54) is 12.3 Å². The molecule has 0 atom stereocenters. The average molecular weight is 251 g/mol. The van der Waals surface area contributed by atoms with Gasteiger partial charge in [0.05, 0.1) is 5.56 Å². The van der Waals surface area contributed by atoms with E-state index in [9.17, 15) is 13.6 Å². The van der Waals surface area contributed by atoms with Crippen molar-refractivity contribution < 1.29 is 23.4 Å². The highest BCUT2D eigenvalue weighted by Crippen LogP contribution is 2.22. The highest BCUT2D eigenvalue weighted by molar-refractivity contribution is 5.87. The molecule has 0 saturated heterocycles. The fourth-order valence-corrected chi connectivity index (χ4v) is 1.31. The highest BCUT2D eigenvalue weighted by atomic mass is 19.1. The lowest BCUT2D eigenvalue weighted by atomic mass is 10.3. The minimum Gasteiger partial charge on any atom is -0.478 e. The van der Waals surface area contributed by atoms with Gasteiger partial charge in [0.15, 0.2) is 0 Å². The molecule has 0 radical (unpaired) electrons. The van der Waals surface area contributed by atoms with Gasteiger partial charge in [-0.15, -0.1) is 0 Å². The smallest absolute Gasteiger partial charge is 0.335 e. The van der Waals surface area contributed by atoms with Crippen molar-refractivity contribution >= 4 is 5.97 Å². The third-order valence-corrected chi connectivity index (χ3v) is 2.04. The van der Waals surface area contributed by atoms with E-state index in [1.807, 2.05) is 0 Å². The molecule has 1 N–H and O–H groups in total. The number of carboxylic acids is 1. The second-order valence-electron chi connectivity index (χ2n) is 3.40. The van der Waals surface area contributed by atoms with E-state index in [0.717, 1.165) is 18.2 Å². The van der Waals surface area contributed by atoms with Gasteiger partial charge in [-0.25, -0.2) is 18.6 Å². The summed E-state index contributed by atoms with van der Waals surface area (Å²) < 4.78 is 30.9. The van der Waals surface area contributed by atoms with Crippen LogP contribution < -0.4 is 4.74 Å². The van der Waals surface area contributed by atoms with Gasteiger partial charge in [0, 0.05) is 30.5 Å². The molecule has 0 aliphatic heterocycles. The zero-order chi connectivity index (χ0) is 13.1. The van der Waals surface area contributed by atoms with Crippen molar-refractivity contribution in [3.8, 4) is 11.6 Å². The lowest BCUT2D eigenvalue weighted by Crippen LogP contribution is -1.98. The molecular weight excluding hydrogens is 244 g/mol. The molecule has 0 fully saturated rings. The van der Waals surface area contributed by atoms with E-state index in [4.69, 9.17) is 9.84 Å². The van der Waals surface area contributed by atoms with E-state index in [-0.39, 0.29) is 17.2 Å². The van der Waals surface area contributed by atoms with Gasteiger partial charge in [-0.2, -0.15) is 0 Å². The van der Waals surface area contributed by atoms with Crippen LogP contribution >= 0.6 is 0 Å². The molecule has 0 aliphatic rings. The number of carbonyl (C=O) groups is 1. The third kappa shape index (κ3) is 2.79. The summed E-state index contributed by atoms with van der Waals surface area (Å²) in [6, 6.07) is 5.08. The Balaban J connectivity index is 2.28. The van der Waals surface area contributed by atoms with Gasteiger partial charge in [-0.05, 0) is 6.07 Å². The van der Waals surface area contributed by atoms with Gasteiger partial charge in [0.2, 0.25) is 5.88 Å². The van der Waals surface area contributed by atoms with Crippen LogP contribution in [-0.4, -0.2) is 16.1 Å². The number of aromatic nitrogens is 1. The van der Waals surface area contributed by atoms with Crippen LogP contribution in [0, 0.1) is 11.6 Å². The molecule has 1 aromatic carbocycles. The molecule has 2 rings (SSSR count). The van der Waals surface area contributed by atoms with Crippen LogP contribution in [0.1, 0.15) is 10.4 Å². The lowest BCUT2D eigenvalue weighted by Gasteiger charge is -2.05. The molecule has 1 aromatic heterocycles. The quantitative estimate of drug-likeness (QED) is 0.911. The van der Waals surface area contributed by atoms with Crippen molar-refractivity contribution in [3.05, 3.63) is 53.7 Å². The SMILES string of the molecule is O=C(O)c1ccnc(Oc2cc(F)cc(F)c2)c1. The lowest BCUT2D eigenvalue weighted by molar-refractivity contribution is 0.0696. The number of hydrogen-bond acceptors (Lipinski definition) is 3. The van der Waals surface area contributed by atoms with Crippen LogP contribution in [0.15, 0.2) is 36.5 Å².